The molecule has 0 spiro atoms. The number of fused-ring (bicyclic) bond motifs is 5. The first-order valence-corrected chi connectivity index (χ1v) is 8.88. The molecule has 3 heterocycles. The van der Waals surface area contributed by atoms with Crippen LogP contribution in [-0.4, -0.2) is 27.4 Å². The summed E-state index contributed by atoms with van der Waals surface area (Å²) in [5.74, 6) is -0.492. The summed E-state index contributed by atoms with van der Waals surface area (Å²) in [5.41, 5.74) is 1.88. The molecule has 2 aromatic rings. The average molecular weight is 408 g/mol. The van der Waals surface area contributed by atoms with Crippen molar-refractivity contribution in [1.82, 2.24) is 4.57 Å². The Morgan fingerprint density at radius 3 is 2.88 bits per heavy atom. The Kier molecular flexibility index (Phi) is 3.63. The van der Waals surface area contributed by atoms with Crippen LogP contribution < -0.4 is 0 Å². The maximum absolute atomic E-state index is 11.2. The molecular formula is C18H18BrNO5. The van der Waals surface area contributed by atoms with Gasteiger partial charge in [-0.05, 0) is 43.5 Å². The zero-order valence-electron chi connectivity index (χ0n) is 13.9. The number of carbonyl (C=O) groups is 1. The van der Waals surface area contributed by atoms with Gasteiger partial charge < -0.3 is 19.7 Å². The van der Waals surface area contributed by atoms with E-state index in [1.807, 2.05) is 25.1 Å². The van der Waals surface area contributed by atoms with E-state index in [0.29, 0.717) is 29.7 Å². The summed E-state index contributed by atoms with van der Waals surface area (Å²) in [6.07, 6.45) is 1.05. The standard InChI is InChI=1S/C18H18BrNO5/c1-9-7-11(3-4-12(9)19)20-16(22)14-13-5-6-18(25-13,8-24-10(2)21)15(14)17(20)23/h3-4,7,13,22-23H,5-6,8H2,1-2H3. The van der Waals surface area contributed by atoms with Crippen molar-refractivity contribution in [1.29, 1.82) is 0 Å². The van der Waals surface area contributed by atoms with E-state index in [4.69, 9.17) is 9.47 Å². The Balaban J connectivity index is 1.85. The third-order valence-corrected chi connectivity index (χ3v) is 5.91. The first-order chi connectivity index (χ1) is 11.8. The molecule has 2 unspecified atom stereocenters. The zero-order valence-corrected chi connectivity index (χ0v) is 15.5. The number of carbonyl (C=O) groups excluding carboxylic acids is 1. The molecule has 1 aromatic carbocycles. The zero-order chi connectivity index (χ0) is 17.9. The van der Waals surface area contributed by atoms with E-state index in [-0.39, 0.29) is 24.5 Å². The molecule has 4 rings (SSSR count). The second kappa shape index (κ2) is 5.51. The number of hydrogen-bond acceptors (Lipinski definition) is 5. The van der Waals surface area contributed by atoms with Crippen molar-refractivity contribution in [3.8, 4) is 17.4 Å². The van der Waals surface area contributed by atoms with Crippen molar-refractivity contribution in [3.05, 3.63) is 39.4 Å². The molecule has 0 amide bonds. The predicted octanol–water partition coefficient (Wildman–Crippen LogP) is 3.58. The second-order valence-corrected chi connectivity index (χ2v) is 7.48. The van der Waals surface area contributed by atoms with Crippen LogP contribution in [0, 0.1) is 6.92 Å². The van der Waals surface area contributed by atoms with Crippen LogP contribution in [0.3, 0.4) is 0 Å². The van der Waals surface area contributed by atoms with Gasteiger partial charge in [-0.1, -0.05) is 15.9 Å². The molecule has 1 aromatic heterocycles. The Labute approximate surface area is 153 Å². The lowest BCUT2D eigenvalue weighted by Crippen LogP contribution is -2.30. The highest BCUT2D eigenvalue weighted by Gasteiger charge is 2.56. The van der Waals surface area contributed by atoms with Gasteiger partial charge in [0.15, 0.2) is 0 Å². The van der Waals surface area contributed by atoms with E-state index < -0.39 is 11.6 Å². The van der Waals surface area contributed by atoms with Crippen molar-refractivity contribution in [3.63, 3.8) is 0 Å². The van der Waals surface area contributed by atoms with Gasteiger partial charge in [-0.25, -0.2) is 0 Å². The molecule has 7 heteroatoms. The third kappa shape index (κ3) is 2.29. The quantitative estimate of drug-likeness (QED) is 0.759. The van der Waals surface area contributed by atoms with Crippen LogP contribution in [-0.2, 0) is 19.9 Å². The van der Waals surface area contributed by atoms with Gasteiger partial charge in [0.25, 0.3) is 0 Å². The first kappa shape index (κ1) is 16.5. The summed E-state index contributed by atoms with van der Waals surface area (Å²) < 4.78 is 13.5. The molecular weight excluding hydrogens is 390 g/mol. The Morgan fingerprint density at radius 2 is 2.20 bits per heavy atom. The van der Waals surface area contributed by atoms with Crippen LogP contribution in [0.5, 0.6) is 11.8 Å². The van der Waals surface area contributed by atoms with Crippen LogP contribution >= 0.6 is 15.9 Å². The van der Waals surface area contributed by atoms with Gasteiger partial charge in [0.05, 0.1) is 22.9 Å². The molecule has 0 aliphatic carbocycles. The van der Waals surface area contributed by atoms with Crippen LogP contribution in [0.25, 0.3) is 5.69 Å². The summed E-state index contributed by atoms with van der Waals surface area (Å²) in [5, 5.41) is 21.6. The lowest BCUT2D eigenvalue weighted by Gasteiger charge is -2.25. The fourth-order valence-corrected chi connectivity index (χ4v) is 4.12. The van der Waals surface area contributed by atoms with Gasteiger partial charge in [-0.15, -0.1) is 0 Å². The molecule has 1 saturated heterocycles. The van der Waals surface area contributed by atoms with Crippen molar-refractivity contribution >= 4 is 21.9 Å². The smallest absolute Gasteiger partial charge is 0.302 e. The third-order valence-electron chi connectivity index (χ3n) is 5.02. The van der Waals surface area contributed by atoms with Crippen molar-refractivity contribution in [2.75, 3.05) is 6.61 Å². The Morgan fingerprint density at radius 1 is 1.44 bits per heavy atom. The highest BCUT2D eigenvalue weighted by molar-refractivity contribution is 9.10. The van der Waals surface area contributed by atoms with Crippen LogP contribution in [0.2, 0.25) is 0 Å². The summed E-state index contributed by atoms with van der Waals surface area (Å²) in [6, 6.07) is 5.56. The number of aromatic hydroxyl groups is 2. The van der Waals surface area contributed by atoms with Gasteiger partial charge in [-0.2, -0.15) is 0 Å². The molecule has 2 aliphatic rings. The molecule has 2 bridgehead atoms. The molecule has 2 N–H and O–H groups in total. The Bertz CT molecular complexity index is 890. The number of rotatable bonds is 3. The number of nitrogens with zero attached hydrogens (tertiary/aromatic N) is 1. The number of aromatic nitrogens is 1. The van der Waals surface area contributed by atoms with E-state index in [9.17, 15) is 15.0 Å². The largest absolute Gasteiger partial charge is 0.494 e. The van der Waals surface area contributed by atoms with Gasteiger partial charge in [0.1, 0.15) is 12.2 Å². The van der Waals surface area contributed by atoms with E-state index in [2.05, 4.69) is 15.9 Å². The van der Waals surface area contributed by atoms with E-state index in [0.717, 1.165) is 10.0 Å². The molecule has 2 atom stereocenters. The number of esters is 1. The average Bonchev–Trinajstić information content (AvgIpc) is 3.20. The normalized spacial score (nSPS) is 23.7. The number of aryl methyl sites for hydroxylation is 1. The number of hydrogen-bond donors (Lipinski definition) is 2. The maximum atomic E-state index is 11.2. The maximum Gasteiger partial charge on any atom is 0.302 e. The van der Waals surface area contributed by atoms with Crippen LogP contribution in [0.4, 0.5) is 0 Å². The highest BCUT2D eigenvalue weighted by Crippen LogP contribution is 2.61. The fourth-order valence-electron chi connectivity index (χ4n) is 3.87. The predicted molar refractivity (Wildman–Crippen MR) is 92.9 cm³/mol. The Hall–Kier alpha value is -1.99. The second-order valence-electron chi connectivity index (χ2n) is 6.62. The fraction of sp³-hybridized carbons (Fsp3) is 0.389. The van der Waals surface area contributed by atoms with Crippen LogP contribution in [0.15, 0.2) is 22.7 Å². The summed E-state index contributed by atoms with van der Waals surface area (Å²) in [4.78, 5) is 11.2. The summed E-state index contributed by atoms with van der Waals surface area (Å²) >= 11 is 3.45. The minimum absolute atomic E-state index is 0.0244. The molecule has 6 nitrogen and oxygen atoms in total. The van der Waals surface area contributed by atoms with Gasteiger partial charge in [-0.3, -0.25) is 9.36 Å². The monoisotopic (exact) mass is 407 g/mol. The highest BCUT2D eigenvalue weighted by atomic mass is 79.9. The number of ether oxygens (including phenoxy) is 2. The number of halogens is 1. The van der Waals surface area contributed by atoms with Gasteiger partial charge in [0, 0.05) is 11.4 Å². The topological polar surface area (TPSA) is 80.9 Å². The molecule has 0 saturated carbocycles. The van der Waals surface area contributed by atoms with E-state index in [1.165, 1.54) is 11.5 Å². The number of benzene rings is 1. The SMILES string of the molecule is CC(=O)OCC12CCC(O1)c1c2c(O)n(-c2ccc(Br)c(C)c2)c1O. The van der Waals surface area contributed by atoms with E-state index in [1.54, 1.807) is 0 Å². The summed E-state index contributed by atoms with van der Waals surface area (Å²) in [6.45, 7) is 3.31. The van der Waals surface area contributed by atoms with Crippen LogP contribution in [0.1, 0.15) is 42.6 Å². The lowest BCUT2D eigenvalue weighted by atomic mass is 9.85. The molecule has 0 radical (unpaired) electrons. The first-order valence-electron chi connectivity index (χ1n) is 8.09. The summed E-state index contributed by atoms with van der Waals surface area (Å²) in [7, 11) is 0. The van der Waals surface area contributed by atoms with Crippen molar-refractivity contribution in [2.24, 2.45) is 0 Å². The lowest BCUT2D eigenvalue weighted by molar-refractivity contribution is -0.151. The molecule has 2 aliphatic heterocycles. The van der Waals surface area contributed by atoms with Gasteiger partial charge >= 0.3 is 5.97 Å². The van der Waals surface area contributed by atoms with Crippen molar-refractivity contribution < 1.29 is 24.5 Å². The molecule has 132 valence electrons. The van der Waals surface area contributed by atoms with Gasteiger partial charge in [0.2, 0.25) is 11.8 Å². The minimum Gasteiger partial charge on any atom is -0.494 e. The van der Waals surface area contributed by atoms with E-state index >= 15 is 0 Å². The molecule has 1 fully saturated rings. The molecule has 25 heavy (non-hydrogen) atoms. The van der Waals surface area contributed by atoms with Crippen molar-refractivity contribution in [2.45, 2.75) is 38.4 Å². The minimum atomic E-state index is -0.886.